The van der Waals surface area contributed by atoms with Crippen LogP contribution >= 0.6 is 0 Å². The minimum atomic E-state index is -0.661. The van der Waals surface area contributed by atoms with Gasteiger partial charge in [0.05, 0.1) is 25.4 Å². The van der Waals surface area contributed by atoms with Gasteiger partial charge in [0, 0.05) is 12.8 Å². The summed E-state index contributed by atoms with van der Waals surface area (Å²) in [5.74, 6) is -0.00200. The van der Waals surface area contributed by atoms with Gasteiger partial charge < -0.3 is 20.3 Å². The van der Waals surface area contributed by atoms with Gasteiger partial charge in [0.1, 0.15) is 0 Å². The second-order valence-corrected chi connectivity index (χ2v) is 27.0. The molecule has 6 nitrogen and oxygen atoms in total. The molecule has 0 fully saturated rings. The maximum atomic E-state index is 12.5. The lowest BCUT2D eigenvalue weighted by Crippen LogP contribution is -2.45. The molecular formula is C78H153NO5. The number of carbonyl (C=O) groups is 2. The van der Waals surface area contributed by atoms with Crippen LogP contribution in [0.25, 0.3) is 0 Å². The second kappa shape index (κ2) is 74.1. The molecule has 2 unspecified atom stereocenters. The molecule has 0 aromatic heterocycles. The van der Waals surface area contributed by atoms with E-state index in [4.69, 9.17) is 4.74 Å². The number of allylic oxidation sites excluding steroid dienone is 2. The zero-order valence-electron chi connectivity index (χ0n) is 57.4. The maximum Gasteiger partial charge on any atom is 0.305 e. The summed E-state index contributed by atoms with van der Waals surface area (Å²) >= 11 is 0. The third-order valence-electron chi connectivity index (χ3n) is 18.6. The number of nitrogens with one attached hydrogen (secondary N) is 1. The Morgan fingerprint density at radius 2 is 0.560 bits per heavy atom. The number of carbonyl (C=O) groups excluding carboxylic acids is 2. The predicted octanol–water partition coefficient (Wildman–Crippen LogP) is 25.5. The molecule has 84 heavy (non-hydrogen) atoms. The van der Waals surface area contributed by atoms with Gasteiger partial charge in [0.2, 0.25) is 5.91 Å². The van der Waals surface area contributed by atoms with Gasteiger partial charge in [-0.2, -0.15) is 0 Å². The van der Waals surface area contributed by atoms with E-state index in [2.05, 4.69) is 31.3 Å². The van der Waals surface area contributed by atoms with Gasteiger partial charge in [-0.3, -0.25) is 9.59 Å². The van der Waals surface area contributed by atoms with Gasteiger partial charge in [-0.1, -0.05) is 398 Å². The Balaban J connectivity index is 3.31. The van der Waals surface area contributed by atoms with Crippen molar-refractivity contribution < 1.29 is 24.5 Å². The van der Waals surface area contributed by atoms with Crippen LogP contribution in [0.5, 0.6) is 0 Å². The fourth-order valence-corrected chi connectivity index (χ4v) is 12.6. The molecule has 0 aliphatic heterocycles. The summed E-state index contributed by atoms with van der Waals surface area (Å²) in [5.41, 5.74) is 0. The van der Waals surface area contributed by atoms with Crippen LogP contribution in [0, 0.1) is 0 Å². The summed E-state index contributed by atoms with van der Waals surface area (Å²) in [5, 5.41) is 23.4. The highest BCUT2D eigenvalue weighted by Crippen LogP contribution is 2.20. The summed E-state index contributed by atoms with van der Waals surface area (Å²) in [6, 6.07) is -0.538. The normalized spacial score (nSPS) is 12.5. The molecule has 0 heterocycles. The Labute approximate surface area is 527 Å². The second-order valence-electron chi connectivity index (χ2n) is 27.0. The van der Waals surface area contributed by atoms with Gasteiger partial charge in [0.25, 0.3) is 0 Å². The molecule has 0 spiro atoms. The molecule has 0 saturated carbocycles. The molecule has 0 radical (unpaired) electrons. The van der Waals surface area contributed by atoms with E-state index in [9.17, 15) is 19.8 Å². The number of hydrogen-bond acceptors (Lipinski definition) is 5. The molecule has 500 valence electrons. The number of amides is 1. The van der Waals surface area contributed by atoms with Crippen molar-refractivity contribution in [1.82, 2.24) is 5.32 Å². The molecule has 2 atom stereocenters. The van der Waals surface area contributed by atoms with Crippen molar-refractivity contribution in [2.75, 3.05) is 13.2 Å². The van der Waals surface area contributed by atoms with E-state index in [1.165, 1.54) is 379 Å². The van der Waals surface area contributed by atoms with Crippen LogP contribution in [-0.2, 0) is 14.3 Å². The van der Waals surface area contributed by atoms with Crippen LogP contribution in [0.1, 0.15) is 450 Å². The summed E-state index contributed by atoms with van der Waals surface area (Å²) in [4.78, 5) is 24.6. The first-order valence-electron chi connectivity index (χ1n) is 38.9. The fourth-order valence-electron chi connectivity index (χ4n) is 12.6. The Kier molecular flexibility index (Phi) is 72.8. The molecular weight excluding hydrogens is 1030 g/mol. The summed E-state index contributed by atoms with van der Waals surface area (Å²) in [6.07, 6.45) is 93.1. The van der Waals surface area contributed by atoms with Gasteiger partial charge in [-0.15, -0.1) is 0 Å². The predicted molar refractivity (Wildman–Crippen MR) is 370 cm³/mol. The molecule has 0 aromatic rings. The topological polar surface area (TPSA) is 95.9 Å². The zero-order chi connectivity index (χ0) is 60.6. The van der Waals surface area contributed by atoms with Crippen LogP contribution in [-0.4, -0.2) is 47.4 Å². The number of hydrogen-bond donors (Lipinski definition) is 3. The molecule has 0 rings (SSSR count). The van der Waals surface area contributed by atoms with Gasteiger partial charge in [-0.25, -0.2) is 0 Å². The minimum Gasteiger partial charge on any atom is -0.466 e. The lowest BCUT2D eigenvalue weighted by Gasteiger charge is -2.22. The van der Waals surface area contributed by atoms with E-state index in [1.54, 1.807) is 0 Å². The fraction of sp³-hybridized carbons (Fsp3) is 0.949. The molecule has 6 heteroatoms. The molecule has 3 N–H and O–H groups in total. The summed E-state index contributed by atoms with van der Waals surface area (Å²) in [7, 11) is 0. The highest BCUT2D eigenvalue weighted by Gasteiger charge is 2.20. The first-order chi connectivity index (χ1) is 41.5. The lowest BCUT2D eigenvalue weighted by molar-refractivity contribution is -0.143. The third kappa shape index (κ3) is 69.7. The van der Waals surface area contributed by atoms with Crippen molar-refractivity contribution in [2.24, 2.45) is 0 Å². The Morgan fingerprint density at radius 1 is 0.321 bits per heavy atom. The first-order valence-corrected chi connectivity index (χ1v) is 38.9. The number of aliphatic hydroxyl groups is 2. The Hall–Kier alpha value is -1.40. The van der Waals surface area contributed by atoms with E-state index in [0.29, 0.717) is 25.9 Å². The highest BCUT2D eigenvalue weighted by atomic mass is 16.5. The largest absolute Gasteiger partial charge is 0.466 e. The smallest absolute Gasteiger partial charge is 0.305 e. The lowest BCUT2D eigenvalue weighted by atomic mass is 10.0. The molecule has 1 amide bonds. The number of ether oxygens (including phenoxy) is 1. The number of esters is 1. The zero-order valence-corrected chi connectivity index (χ0v) is 57.4. The molecule has 0 bridgehead atoms. The van der Waals surface area contributed by atoms with E-state index < -0.39 is 12.1 Å². The third-order valence-corrected chi connectivity index (χ3v) is 18.6. The van der Waals surface area contributed by atoms with Crippen molar-refractivity contribution >= 4 is 11.9 Å². The first kappa shape index (κ1) is 82.6. The van der Waals surface area contributed by atoms with Crippen molar-refractivity contribution in [3.8, 4) is 0 Å². The van der Waals surface area contributed by atoms with E-state index in [0.717, 1.165) is 38.5 Å². The van der Waals surface area contributed by atoms with Gasteiger partial charge in [0.15, 0.2) is 0 Å². The highest BCUT2D eigenvalue weighted by molar-refractivity contribution is 5.76. The van der Waals surface area contributed by atoms with Crippen LogP contribution in [0.3, 0.4) is 0 Å². The number of aliphatic hydroxyl groups excluding tert-OH is 2. The summed E-state index contributed by atoms with van der Waals surface area (Å²) in [6.45, 7) is 5.01. The van der Waals surface area contributed by atoms with E-state index in [-0.39, 0.29) is 18.5 Å². The van der Waals surface area contributed by atoms with Crippen molar-refractivity contribution in [2.45, 2.75) is 463 Å². The Morgan fingerprint density at radius 3 is 0.845 bits per heavy atom. The maximum absolute atomic E-state index is 12.5. The quantitative estimate of drug-likeness (QED) is 0.0320. The number of rotatable bonds is 74. The monoisotopic (exact) mass is 1180 g/mol. The van der Waals surface area contributed by atoms with Crippen LogP contribution < -0.4 is 5.32 Å². The average molecular weight is 1190 g/mol. The van der Waals surface area contributed by atoms with E-state index >= 15 is 0 Å². The van der Waals surface area contributed by atoms with Crippen LogP contribution in [0.4, 0.5) is 0 Å². The standard InChI is InChI=1S/C78H153NO5/c1-3-5-7-9-11-13-15-17-19-43-46-50-54-58-62-66-70-76(81)75(74-80)79-77(82)71-67-63-59-55-51-47-44-41-39-37-35-33-31-29-27-25-23-21-20-22-24-26-28-30-32-34-36-38-40-42-45-49-53-57-61-65-69-73-84-78(83)72-68-64-60-56-52-48-18-16-14-12-10-8-6-4-2/h20,22,75-76,80-81H,3-19,21,23-74H2,1-2H3,(H,79,82)/b22-20-. The molecule has 0 aromatic carbocycles. The van der Waals surface area contributed by atoms with Crippen molar-refractivity contribution in [3.63, 3.8) is 0 Å². The SMILES string of the molecule is CCCCCCCCCCCCCCCCCCC(O)C(CO)NC(=O)CCCCCCCCCCCCCCCCCCC/C=C\CCCCCCCCCCCCCCCCCCOC(=O)CCCCCCCCCCCCCCCC. The molecule has 0 aliphatic carbocycles. The van der Waals surface area contributed by atoms with Crippen molar-refractivity contribution in [3.05, 3.63) is 12.2 Å². The van der Waals surface area contributed by atoms with Gasteiger partial charge >= 0.3 is 5.97 Å². The summed E-state index contributed by atoms with van der Waals surface area (Å²) < 4.78 is 5.50. The van der Waals surface area contributed by atoms with Gasteiger partial charge in [-0.05, 0) is 51.4 Å². The average Bonchev–Trinajstić information content (AvgIpc) is 3.52. The molecule has 0 aliphatic rings. The Bertz CT molecular complexity index is 1270. The molecule has 0 saturated heterocycles. The van der Waals surface area contributed by atoms with Crippen LogP contribution in [0.15, 0.2) is 12.2 Å². The van der Waals surface area contributed by atoms with Crippen molar-refractivity contribution in [1.29, 1.82) is 0 Å². The van der Waals surface area contributed by atoms with Crippen LogP contribution in [0.2, 0.25) is 0 Å². The number of unbranched alkanes of at least 4 members (excludes halogenated alkanes) is 61. The van der Waals surface area contributed by atoms with E-state index in [1.807, 2.05) is 0 Å². The minimum absolute atomic E-state index is 0.0248.